The zero-order valence-corrected chi connectivity index (χ0v) is 23.6. The van der Waals surface area contributed by atoms with E-state index in [0.29, 0.717) is 16.7 Å². The number of rotatable bonds is 10. The first-order valence-electron chi connectivity index (χ1n) is 13.0. The number of nitrogens with zero attached hydrogens (tertiary/aromatic N) is 2. The van der Waals surface area contributed by atoms with Gasteiger partial charge in [-0.25, -0.2) is 14.2 Å². The number of ketones is 1. The van der Waals surface area contributed by atoms with Crippen LogP contribution < -0.4 is 15.4 Å². The van der Waals surface area contributed by atoms with Crippen LogP contribution in [0.2, 0.25) is 0 Å². The smallest absolute Gasteiger partial charge is 0.412 e. The standard InChI is InChI=1S/C31H31FN4O6/c1-31(2,3)42-30(39)35-25-11-8-20(24-10-9-22(32)16-28(24)41-19-40-4)15-26(25)34-29(38)17-27(37)21-6-5-7-23(14-21)36-13-12-33-18-36/h5-16,18H,17,19H2,1-4H3,(H,34,38)(H,35,39). The molecule has 0 atom stereocenters. The monoisotopic (exact) mass is 574 g/mol. The van der Waals surface area contributed by atoms with E-state index in [0.717, 1.165) is 5.69 Å². The minimum Gasteiger partial charge on any atom is -0.467 e. The number of methoxy groups -OCH3 is 1. The maximum absolute atomic E-state index is 14.0. The molecular weight excluding hydrogens is 543 g/mol. The van der Waals surface area contributed by atoms with Crippen molar-refractivity contribution in [3.8, 4) is 22.6 Å². The van der Waals surface area contributed by atoms with Crippen LogP contribution in [0.1, 0.15) is 37.6 Å². The maximum atomic E-state index is 14.0. The van der Waals surface area contributed by atoms with Gasteiger partial charge in [0.1, 0.15) is 17.2 Å². The Kier molecular flexibility index (Phi) is 9.33. The van der Waals surface area contributed by atoms with E-state index in [1.54, 1.807) is 80.5 Å². The van der Waals surface area contributed by atoms with Crippen molar-refractivity contribution in [1.29, 1.82) is 0 Å². The molecular formula is C31H31FN4O6. The Balaban J connectivity index is 1.61. The maximum Gasteiger partial charge on any atom is 0.412 e. The molecule has 4 rings (SSSR count). The van der Waals surface area contributed by atoms with Crippen molar-refractivity contribution in [3.05, 3.63) is 90.8 Å². The number of halogens is 1. The summed E-state index contributed by atoms with van der Waals surface area (Å²) in [7, 11) is 1.44. The number of ether oxygens (including phenoxy) is 3. The SMILES string of the molecule is COCOc1cc(F)ccc1-c1ccc(NC(=O)OC(C)(C)C)c(NC(=O)CC(=O)c2cccc(-n3ccnc3)c2)c1. The summed E-state index contributed by atoms with van der Waals surface area (Å²) >= 11 is 0. The number of Topliss-reactive ketones (excluding diaryl/α,β-unsaturated/α-hetero) is 1. The van der Waals surface area contributed by atoms with E-state index in [-0.39, 0.29) is 23.9 Å². The molecule has 3 aromatic carbocycles. The first-order valence-corrected chi connectivity index (χ1v) is 13.0. The molecule has 0 fully saturated rings. The fourth-order valence-electron chi connectivity index (χ4n) is 4.01. The van der Waals surface area contributed by atoms with E-state index in [1.807, 2.05) is 6.07 Å². The lowest BCUT2D eigenvalue weighted by molar-refractivity contribution is -0.115. The minimum absolute atomic E-state index is 0.109. The summed E-state index contributed by atoms with van der Waals surface area (Å²) in [6.07, 6.45) is 3.79. The zero-order chi connectivity index (χ0) is 30.3. The van der Waals surface area contributed by atoms with Gasteiger partial charge in [0.2, 0.25) is 5.91 Å². The fraction of sp³-hybridized carbons (Fsp3) is 0.226. The highest BCUT2D eigenvalue weighted by Gasteiger charge is 2.20. The van der Waals surface area contributed by atoms with Crippen LogP contribution in [0.15, 0.2) is 79.4 Å². The van der Waals surface area contributed by atoms with Crippen molar-refractivity contribution < 1.29 is 33.0 Å². The first kappa shape index (κ1) is 29.9. The van der Waals surface area contributed by atoms with E-state index < -0.39 is 35.6 Å². The second-order valence-electron chi connectivity index (χ2n) is 10.2. The van der Waals surface area contributed by atoms with Crippen LogP contribution >= 0.6 is 0 Å². The predicted molar refractivity (Wildman–Crippen MR) is 155 cm³/mol. The molecule has 1 aromatic heterocycles. The van der Waals surface area contributed by atoms with Gasteiger partial charge in [-0.3, -0.25) is 14.9 Å². The summed E-state index contributed by atoms with van der Waals surface area (Å²) in [6, 6.07) is 15.7. The lowest BCUT2D eigenvalue weighted by atomic mass is 10.0. The van der Waals surface area contributed by atoms with Gasteiger partial charge in [0.05, 0.1) is 24.1 Å². The zero-order valence-electron chi connectivity index (χ0n) is 23.6. The summed E-state index contributed by atoms with van der Waals surface area (Å²) in [5.74, 6) is -1.29. The van der Waals surface area contributed by atoms with Crippen LogP contribution in [0.4, 0.5) is 20.6 Å². The molecule has 0 saturated carbocycles. The molecule has 1 heterocycles. The molecule has 2 N–H and O–H groups in total. The van der Waals surface area contributed by atoms with Gasteiger partial charge in [-0.2, -0.15) is 0 Å². The Morgan fingerprint density at radius 3 is 2.50 bits per heavy atom. The molecule has 4 aromatic rings. The summed E-state index contributed by atoms with van der Waals surface area (Å²) in [6.45, 7) is 5.06. The highest BCUT2D eigenvalue weighted by atomic mass is 19.1. The van der Waals surface area contributed by atoms with Crippen molar-refractivity contribution in [1.82, 2.24) is 9.55 Å². The summed E-state index contributed by atoms with van der Waals surface area (Å²) < 4.78 is 31.6. The van der Waals surface area contributed by atoms with Gasteiger partial charge in [0.25, 0.3) is 0 Å². The van der Waals surface area contributed by atoms with Crippen LogP contribution in [0.3, 0.4) is 0 Å². The molecule has 0 aliphatic heterocycles. The number of carbonyl (C=O) groups is 3. The molecule has 0 saturated heterocycles. The molecule has 42 heavy (non-hydrogen) atoms. The molecule has 0 unspecified atom stereocenters. The van der Waals surface area contributed by atoms with Gasteiger partial charge in [-0.05, 0) is 62.7 Å². The number of anilines is 2. The molecule has 0 spiro atoms. The van der Waals surface area contributed by atoms with Crippen LogP contribution in [0.5, 0.6) is 5.75 Å². The van der Waals surface area contributed by atoms with Gasteiger partial charge in [0, 0.05) is 42.4 Å². The Morgan fingerprint density at radius 2 is 1.79 bits per heavy atom. The van der Waals surface area contributed by atoms with Crippen LogP contribution in [0.25, 0.3) is 16.8 Å². The number of hydrogen-bond donors (Lipinski definition) is 2. The molecule has 218 valence electrons. The van der Waals surface area contributed by atoms with Crippen molar-refractivity contribution in [2.75, 3.05) is 24.5 Å². The van der Waals surface area contributed by atoms with Gasteiger partial charge >= 0.3 is 6.09 Å². The van der Waals surface area contributed by atoms with Crippen LogP contribution in [-0.2, 0) is 14.3 Å². The number of benzene rings is 3. The Hall–Kier alpha value is -5.03. The van der Waals surface area contributed by atoms with Gasteiger partial charge in [-0.15, -0.1) is 0 Å². The van der Waals surface area contributed by atoms with Crippen molar-refractivity contribution in [2.24, 2.45) is 0 Å². The van der Waals surface area contributed by atoms with Gasteiger partial charge in [0.15, 0.2) is 12.6 Å². The quantitative estimate of drug-likeness (QED) is 0.131. The molecule has 11 heteroatoms. The first-order chi connectivity index (χ1) is 20.0. The Bertz CT molecular complexity index is 1580. The van der Waals surface area contributed by atoms with E-state index in [2.05, 4.69) is 15.6 Å². The number of aromatic nitrogens is 2. The fourth-order valence-corrected chi connectivity index (χ4v) is 4.01. The van der Waals surface area contributed by atoms with E-state index in [1.165, 1.54) is 25.3 Å². The molecule has 0 aliphatic rings. The van der Waals surface area contributed by atoms with Crippen molar-refractivity contribution in [3.63, 3.8) is 0 Å². The highest BCUT2D eigenvalue weighted by molar-refractivity contribution is 6.12. The van der Waals surface area contributed by atoms with E-state index in [4.69, 9.17) is 14.2 Å². The molecule has 0 bridgehead atoms. The van der Waals surface area contributed by atoms with E-state index >= 15 is 0 Å². The minimum atomic E-state index is -0.757. The number of nitrogens with one attached hydrogen (secondary N) is 2. The third-order valence-corrected chi connectivity index (χ3v) is 5.81. The largest absolute Gasteiger partial charge is 0.467 e. The lowest BCUT2D eigenvalue weighted by Crippen LogP contribution is -2.27. The Labute approximate surface area is 242 Å². The third kappa shape index (κ3) is 8.01. The summed E-state index contributed by atoms with van der Waals surface area (Å²) in [5, 5.41) is 5.36. The molecule has 10 nitrogen and oxygen atoms in total. The highest BCUT2D eigenvalue weighted by Crippen LogP contribution is 2.35. The average molecular weight is 575 g/mol. The second-order valence-corrected chi connectivity index (χ2v) is 10.2. The van der Waals surface area contributed by atoms with Crippen molar-refractivity contribution >= 4 is 29.2 Å². The molecule has 0 aliphatic carbocycles. The van der Waals surface area contributed by atoms with Gasteiger partial charge < -0.3 is 24.1 Å². The molecule has 2 amide bonds. The number of imidazole rings is 1. The summed E-state index contributed by atoms with van der Waals surface area (Å²) in [4.78, 5) is 42.7. The number of amides is 2. The number of carbonyl (C=O) groups excluding carboxylic acids is 3. The second kappa shape index (κ2) is 13.1. The van der Waals surface area contributed by atoms with E-state index in [9.17, 15) is 18.8 Å². The predicted octanol–water partition coefficient (Wildman–Crippen LogP) is 6.22. The lowest BCUT2D eigenvalue weighted by Gasteiger charge is -2.21. The molecule has 0 radical (unpaired) electrons. The average Bonchev–Trinajstić information content (AvgIpc) is 3.47. The topological polar surface area (TPSA) is 121 Å². The van der Waals surface area contributed by atoms with Crippen LogP contribution in [0, 0.1) is 5.82 Å². The Morgan fingerprint density at radius 1 is 0.976 bits per heavy atom. The number of hydrogen-bond acceptors (Lipinski definition) is 7. The van der Waals surface area contributed by atoms with Crippen molar-refractivity contribution in [2.45, 2.75) is 32.8 Å². The normalized spacial score (nSPS) is 11.1. The third-order valence-electron chi connectivity index (χ3n) is 5.81. The van der Waals surface area contributed by atoms with Gasteiger partial charge in [-0.1, -0.05) is 18.2 Å². The summed E-state index contributed by atoms with van der Waals surface area (Å²) in [5.41, 5.74) is 1.81. The van der Waals surface area contributed by atoms with Crippen LogP contribution in [-0.4, -0.2) is 46.8 Å².